The zero-order chi connectivity index (χ0) is 4.50. The summed E-state index contributed by atoms with van der Waals surface area (Å²) in [4.78, 5) is 0. The molecule has 0 heterocycles. The largest absolute Gasteiger partial charge is 1.00 e. The topological polar surface area (TPSA) is 20.2 Å². The van der Waals surface area contributed by atoms with Crippen molar-refractivity contribution in [1.82, 2.24) is 0 Å². The second-order valence-corrected chi connectivity index (χ2v) is 2.17. The first-order chi connectivity index (χ1) is 2.00. The molecule has 0 aromatic heterocycles. The van der Waals surface area contributed by atoms with Crippen LogP contribution in [0.5, 0.6) is 0 Å². The predicted molar refractivity (Wildman–Crippen MR) is 24.2 cm³/mol. The maximum Gasteiger partial charge on any atom is 1.00 e. The summed E-state index contributed by atoms with van der Waals surface area (Å²) >= 11 is 0. The fourth-order valence-electron chi connectivity index (χ4n) is 0. The van der Waals surface area contributed by atoms with Gasteiger partial charge in [-0.1, -0.05) is 0 Å². The van der Waals surface area contributed by atoms with Crippen molar-refractivity contribution in [1.29, 1.82) is 0 Å². The predicted octanol–water partition coefficient (Wildman–Crippen LogP) is -4.99. The minimum atomic E-state index is -0.500. The molecule has 3 heteroatoms. The van der Waals surface area contributed by atoms with Crippen LogP contribution in [0.3, 0.4) is 0 Å². The molecule has 7 heavy (non-hydrogen) atoms. The zero-order valence-corrected chi connectivity index (χ0v) is 9.07. The summed E-state index contributed by atoms with van der Waals surface area (Å²) in [5.74, 6) is 0. The van der Waals surface area contributed by atoms with E-state index in [4.69, 9.17) is 5.11 Å². The standard InChI is InChI=1S/C4H10O.K.Li.2H/c1-4(2,3)5;;;;/h5H,1-3H3;;;;/q;2*+1;2*-1. The van der Waals surface area contributed by atoms with Crippen molar-refractivity contribution in [3.8, 4) is 0 Å². The van der Waals surface area contributed by atoms with Gasteiger partial charge in [-0.3, -0.25) is 0 Å². The average Bonchev–Trinajstić information content (AvgIpc) is 0.722. The number of aliphatic hydroxyl groups is 1. The Morgan fingerprint density at radius 2 is 1.29 bits per heavy atom. The van der Waals surface area contributed by atoms with Crippen LogP contribution >= 0.6 is 0 Å². The van der Waals surface area contributed by atoms with E-state index >= 15 is 0 Å². The first kappa shape index (κ1) is 16.1. The maximum atomic E-state index is 8.52. The zero-order valence-electron chi connectivity index (χ0n) is 7.95. The molecule has 0 aliphatic heterocycles. The van der Waals surface area contributed by atoms with Crippen molar-refractivity contribution >= 4 is 0 Å². The van der Waals surface area contributed by atoms with Crippen molar-refractivity contribution < 1.29 is 78.2 Å². The van der Waals surface area contributed by atoms with Gasteiger partial charge in [0.25, 0.3) is 0 Å². The molecule has 36 valence electrons. The molecule has 0 aromatic carbocycles. The Bertz CT molecular complexity index is 34.0. The first-order valence-corrected chi connectivity index (χ1v) is 1.72. The third kappa shape index (κ3) is 65.3. The molecule has 0 amide bonds. The molecule has 0 rings (SSSR count). The van der Waals surface area contributed by atoms with Crippen molar-refractivity contribution in [3.05, 3.63) is 0 Å². The van der Waals surface area contributed by atoms with E-state index in [0.29, 0.717) is 0 Å². The molecule has 0 radical (unpaired) electrons. The van der Waals surface area contributed by atoms with Crippen LogP contribution < -0.4 is 70.2 Å². The van der Waals surface area contributed by atoms with Crippen LogP contribution in [0.15, 0.2) is 0 Å². The van der Waals surface area contributed by atoms with Crippen LogP contribution in [-0.2, 0) is 0 Å². The SMILES string of the molecule is CC(C)(C)O.[H-].[H-].[K+].[Li+]. The molecule has 0 aliphatic carbocycles. The van der Waals surface area contributed by atoms with Crippen molar-refractivity contribution in [2.24, 2.45) is 0 Å². The van der Waals surface area contributed by atoms with Gasteiger partial charge in [-0.2, -0.15) is 0 Å². The molecule has 0 atom stereocenters. The Labute approximate surface area is 103 Å². The van der Waals surface area contributed by atoms with Crippen molar-refractivity contribution in [2.75, 3.05) is 0 Å². The van der Waals surface area contributed by atoms with Crippen LogP contribution in [0.25, 0.3) is 0 Å². The quantitative estimate of drug-likeness (QED) is 0.319. The summed E-state index contributed by atoms with van der Waals surface area (Å²) in [7, 11) is 0. The van der Waals surface area contributed by atoms with Gasteiger partial charge in [-0.15, -0.1) is 0 Å². The molecular formula is C4H12KLiO. The van der Waals surface area contributed by atoms with Gasteiger partial charge in [0.05, 0.1) is 5.60 Å². The third-order valence-corrected chi connectivity index (χ3v) is 0. The van der Waals surface area contributed by atoms with E-state index in [-0.39, 0.29) is 73.1 Å². The van der Waals surface area contributed by atoms with E-state index in [2.05, 4.69) is 0 Å². The summed E-state index contributed by atoms with van der Waals surface area (Å²) in [5, 5.41) is 8.52. The summed E-state index contributed by atoms with van der Waals surface area (Å²) in [6.45, 7) is 5.23. The van der Waals surface area contributed by atoms with Gasteiger partial charge >= 0.3 is 70.2 Å². The maximum absolute atomic E-state index is 8.52. The van der Waals surface area contributed by atoms with E-state index < -0.39 is 5.60 Å². The monoisotopic (exact) mass is 122 g/mol. The third-order valence-electron chi connectivity index (χ3n) is 0. The van der Waals surface area contributed by atoms with Crippen LogP contribution in [0.2, 0.25) is 0 Å². The number of hydrogen-bond donors (Lipinski definition) is 1. The van der Waals surface area contributed by atoms with E-state index in [1.54, 1.807) is 20.8 Å². The summed E-state index contributed by atoms with van der Waals surface area (Å²) in [6, 6.07) is 0. The van der Waals surface area contributed by atoms with E-state index in [1.807, 2.05) is 0 Å². The Kier molecular flexibility index (Phi) is 14.5. The number of rotatable bonds is 0. The van der Waals surface area contributed by atoms with Gasteiger partial charge in [0.15, 0.2) is 0 Å². The van der Waals surface area contributed by atoms with Gasteiger partial charge in [0.2, 0.25) is 0 Å². The van der Waals surface area contributed by atoms with E-state index in [9.17, 15) is 0 Å². The van der Waals surface area contributed by atoms with Crippen molar-refractivity contribution in [2.45, 2.75) is 26.4 Å². The summed E-state index contributed by atoms with van der Waals surface area (Å²) in [5.41, 5.74) is -0.500. The minimum absolute atomic E-state index is 0. The van der Waals surface area contributed by atoms with Gasteiger partial charge in [-0.05, 0) is 20.8 Å². The van der Waals surface area contributed by atoms with Gasteiger partial charge < -0.3 is 7.96 Å². The molecular weight excluding hydrogens is 110 g/mol. The fourth-order valence-corrected chi connectivity index (χ4v) is 0. The molecule has 0 bridgehead atoms. The summed E-state index contributed by atoms with van der Waals surface area (Å²) in [6.07, 6.45) is 0. The second kappa shape index (κ2) is 6.32. The fraction of sp³-hybridized carbons (Fsp3) is 1.00. The molecule has 0 saturated heterocycles. The van der Waals surface area contributed by atoms with Crippen LogP contribution in [-0.4, -0.2) is 10.7 Å². The molecule has 1 N–H and O–H groups in total. The van der Waals surface area contributed by atoms with Gasteiger partial charge in [0, 0.05) is 0 Å². The smallest absolute Gasteiger partial charge is 1.00 e. The number of hydrogen-bond acceptors (Lipinski definition) is 1. The van der Waals surface area contributed by atoms with E-state index in [0.717, 1.165) is 0 Å². The minimum Gasteiger partial charge on any atom is -1.00 e. The Hall–Kier alpha value is 2.19. The molecule has 0 fully saturated rings. The van der Waals surface area contributed by atoms with Crippen molar-refractivity contribution in [3.63, 3.8) is 0 Å². The van der Waals surface area contributed by atoms with Crippen LogP contribution in [0.4, 0.5) is 0 Å². The molecule has 0 saturated carbocycles. The Balaban J connectivity index is -0.0000000133. The molecule has 0 spiro atoms. The molecule has 0 aromatic rings. The van der Waals surface area contributed by atoms with Crippen LogP contribution in [0, 0.1) is 0 Å². The Morgan fingerprint density at radius 1 is 1.29 bits per heavy atom. The second-order valence-electron chi connectivity index (χ2n) is 2.17. The van der Waals surface area contributed by atoms with E-state index in [1.165, 1.54) is 0 Å². The molecule has 0 aliphatic rings. The Morgan fingerprint density at radius 3 is 1.29 bits per heavy atom. The first-order valence-electron chi connectivity index (χ1n) is 1.72. The van der Waals surface area contributed by atoms with Gasteiger partial charge in [0.1, 0.15) is 0 Å². The molecule has 0 unspecified atom stereocenters. The van der Waals surface area contributed by atoms with Crippen LogP contribution in [0.1, 0.15) is 23.6 Å². The average molecular weight is 122 g/mol. The van der Waals surface area contributed by atoms with Gasteiger partial charge in [-0.25, -0.2) is 0 Å². The molecule has 1 nitrogen and oxygen atoms in total. The summed E-state index contributed by atoms with van der Waals surface area (Å²) < 4.78 is 0. The normalized spacial score (nSPS) is 8.57.